The zero-order valence-electron chi connectivity index (χ0n) is 15.7. The van der Waals surface area contributed by atoms with Crippen LogP contribution in [0.25, 0.3) is 0 Å². The van der Waals surface area contributed by atoms with Gasteiger partial charge in [0.05, 0.1) is 6.54 Å². The summed E-state index contributed by atoms with van der Waals surface area (Å²) in [6.45, 7) is 2.14. The van der Waals surface area contributed by atoms with Crippen molar-refractivity contribution in [2.45, 2.75) is 25.4 Å². The van der Waals surface area contributed by atoms with E-state index in [1.165, 1.54) is 29.3 Å². The van der Waals surface area contributed by atoms with Gasteiger partial charge in [-0.3, -0.25) is 4.79 Å². The molecule has 0 spiro atoms. The van der Waals surface area contributed by atoms with Crippen molar-refractivity contribution >= 4 is 28.9 Å². The second-order valence-electron chi connectivity index (χ2n) is 7.25. The SMILES string of the molecule is CC1/C(=N/N2C(=O)CNC2=S)CC(c2ccc(F)cc2)NC1c1ccc(F)cc1. The minimum absolute atomic E-state index is 0.0617. The Balaban J connectivity index is 1.71. The van der Waals surface area contributed by atoms with Gasteiger partial charge in [0, 0.05) is 30.1 Å². The minimum atomic E-state index is -0.305. The van der Waals surface area contributed by atoms with Crippen molar-refractivity contribution in [1.29, 1.82) is 0 Å². The van der Waals surface area contributed by atoms with Crippen molar-refractivity contribution in [3.63, 3.8) is 0 Å². The number of piperidine rings is 1. The summed E-state index contributed by atoms with van der Waals surface area (Å²) in [5.41, 5.74) is 2.62. The van der Waals surface area contributed by atoms with Crippen molar-refractivity contribution in [2.75, 3.05) is 6.54 Å². The molecule has 8 heteroatoms. The summed E-state index contributed by atoms with van der Waals surface area (Å²) >= 11 is 5.19. The highest BCUT2D eigenvalue weighted by Gasteiger charge is 2.35. The van der Waals surface area contributed by atoms with Gasteiger partial charge in [-0.2, -0.15) is 10.1 Å². The zero-order valence-corrected chi connectivity index (χ0v) is 16.5. The Morgan fingerprint density at radius 3 is 2.17 bits per heavy atom. The predicted octanol–water partition coefficient (Wildman–Crippen LogP) is 3.45. The van der Waals surface area contributed by atoms with Gasteiger partial charge >= 0.3 is 0 Å². The summed E-state index contributed by atoms with van der Waals surface area (Å²) < 4.78 is 26.8. The number of halogens is 2. The number of hydrazone groups is 1. The van der Waals surface area contributed by atoms with Crippen LogP contribution in [0.15, 0.2) is 53.6 Å². The van der Waals surface area contributed by atoms with Crippen LogP contribution in [0.5, 0.6) is 0 Å². The molecule has 2 aromatic rings. The van der Waals surface area contributed by atoms with Gasteiger partial charge in [0.15, 0.2) is 5.11 Å². The van der Waals surface area contributed by atoms with E-state index >= 15 is 0 Å². The lowest BCUT2D eigenvalue weighted by Crippen LogP contribution is -2.42. The van der Waals surface area contributed by atoms with Crippen LogP contribution >= 0.6 is 12.2 Å². The van der Waals surface area contributed by atoms with Crippen LogP contribution in [0.2, 0.25) is 0 Å². The van der Waals surface area contributed by atoms with Crippen LogP contribution in [0.3, 0.4) is 0 Å². The first-order chi connectivity index (χ1) is 13.9. The van der Waals surface area contributed by atoms with E-state index in [4.69, 9.17) is 12.2 Å². The van der Waals surface area contributed by atoms with Crippen LogP contribution in [0.4, 0.5) is 8.78 Å². The number of hydrogen-bond donors (Lipinski definition) is 2. The van der Waals surface area contributed by atoms with Gasteiger partial charge in [-0.15, -0.1) is 0 Å². The first kappa shape index (κ1) is 19.6. The van der Waals surface area contributed by atoms with E-state index < -0.39 is 0 Å². The first-order valence-corrected chi connectivity index (χ1v) is 9.78. The zero-order chi connectivity index (χ0) is 20.5. The predicted molar refractivity (Wildman–Crippen MR) is 110 cm³/mol. The molecule has 0 aliphatic carbocycles. The lowest BCUT2D eigenvalue weighted by atomic mass is 9.81. The third-order valence-electron chi connectivity index (χ3n) is 5.37. The molecule has 5 nitrogen and oxygen atoms in total. The molecule has 2 aromatic carbocycles. The van der Waals surface area contributed by atoms with E-state index in [1.54, 1.807) is 24.3 Å². The summed E-state index contributed by atoms with van der Waals surface area (Å²) in [4.78, 5) is 12.1. The largest absolute Gasteiger partial charge is 0.352 e. The van der Waals surface area contributed by atoms with E-state index in [-0.39, 0.29) is 47.2 Å². The van der Waals surface area contributed by atoms with Gasteiger partial charge in [0.25, 0.3) is 5.91 Å². The quantitative estimate of drug-likeness (QED) is 0.756. The molecule has 3 unspecified atom stereocenters. The number of amides is 1. The molecule has 2 saturated heterocycles. The summed E-state index contributed by atoms with van der Waals surface area (Å²) in [6, 6.07) is 12.3. The lowest BCUT2D eigenvalue weighted by Gasteiger charge is -2.38. The maximum absolute atomic E-state index is 13.4. The maximum Gasteiger partial charge on any atom is 0.268 e. The van der Waals surface area contributed by atoms with Crippen molar-refractivity contribution < 1.29 is 13.6 Å². The van der Waals surface area contributed by atoms with Crippen LogP contribution in [-0.2, 0) is 4.79 Å². The van der Waals surface area contributed by atoms with Crippen molar-refractivity contribution in [3.05, 3.63) is 71.3 Å². The highest BCUT2D eigenvalue weighted by molar-refractivity contribution is 7.80. The van der Waals surface area contributed by atoms with Gasteiger partial charge in [0.2, 0.25) is 0 Å². The van der Waals surface area contributed by atoms with Crippen molar-refractivity contribution in [1.82, 2.24) is 15.6 Å². The van der Waals surface area contributed by atoms with E-state index in [1.807, 2.05) is 6.92 Å². The first-order valence-electron chi connectivity index (χ1n) is 9.37. The molecule has 0 radical (unpaired) electrons. The maximum atomic E-state index is 13.4. The molecule has 2 aliphatic heterocycles. The van der Waals surface area contributed by atoms with Crippen LogP contribution < -0.4 is 10.6 Å². The molecule has 2 aliphatic rings. The second-order valence-corrected chi connectivity index (χ2v) is 7.64. The Kier molecular flexibility index (Phi) is 5.38. The Morgan fingerprint density at radius 2 is 1.62 bits per heavy atom. The topological polar surface area (TPSA) is 56.7 Å². The van der Waals surface area contributed by atoms with Gasteiger partial charge < -0.3 is 10.6 Å². The third-order valence-corrected chi connectivity index (χ3v) is 5.69. The molecule has 2 N–H and O–H groups in total. The third kappa shape index (κ3) is 4.04. The molecular formula is C21H20F2N4OS. The molecule has 29 heavy (non-hydrogen) atoms. The Labute approximate surface area is 172 Å². The second kappa shape index (κ2) is 7.96. The lowest BCUT2D eigenvalue weighted by molar-refractivity contribution is -0.124. The number of nitrogens with zero attached hydrogens (tertiary/aromatic N) is 2. The number of hydrogen-bond acceptors (Lipinski definition) is 4. The highest BCUT2D eigenvalue weighted by Crippen LogP contribution is 2.36. The van der Waals surface area contributed by atoms with Crippen LogP contribution in [0.1, 0.15) is 36.6 Å². The van der Waals surface area contributed by atoms with Gasteiger partial charge in [-0.05, 0) is 47.6 Å². The standard InChI is InChI=1S/C21H20F2N4OS/c1-12-17(26-27-19(28)11-24-21(27)29)10-18(13-2-6-15(22)7-3-13)25-20(12)14-4-8-16(23)9-5-14/h2-9,12,18,20,25H,10-11H2,1H3,(H,24,29)/b26-17+. The normalized spacial score (nSPS) is 26.1. The van der Waals surface area contributed by atoms with E-state index in [0.717, 1.165) is 16.8 Å². The smallest absolute Gasteiger partial charge is 0.268 e. The average Bonchev–Trinajstić information content (AvgIpc) is 3.03. The number of thiocarbonyl (C=S) groups is 1. The molecule has 2 heterocycles. The average molecular weight is 414 g/mol. The fourth-order valence-electron chi connectivity index (χ4n) is 3.75. The Bertz CT molecular complexity index is 946. The molecule has 1 amide bonds. The monoisotopic (exact) mass is 414 g/mol. The Hall–Kier alpha value is -2.71. The number of rotatable bonds is 3. The van der Waals surface area contributed by atoms with Crippen molar-refractivity contribution in [3.8, 4) is 0 Å². The molecule has 2 fully saturated rings. The molecule has 3 atom stereocenters. The van der Waals surface area contributed by atoms with Crippen molar-refractivity contribution in [2.24, 2.45) is 11.0 Å². The fraction of sp³-hybridized carbons (Fsp3) is 0.286. The van der Waals surface area contributed by atoms with Gasteiger partial charge in [0.1, 0.15) is 11.6 Å². The summed E-state index contributed by atoms with van der Waals surface area (Å²) in [7, 11) is 0. The summed E-state index contributed by atoms with van der Waals surface area (Å²) in [5.74, 6) is -0.875. The molecule has 0 aromatic heterocycles. The highest BCUT2D eigenvalue weighted by atomic mass is 32.1. The molecular weight excluding hydrogens is 394 g/mol. The number of carbonyl (C=O) groups is 1. The molecule has 0 bridgehead atoms. The van der Waals surface area contributed by atoms with Gasteiger partial charge in [-0.1, -0.05) is 31.2 Å². The Morgan fingerprint density at radius 1 is 1.03 bits per heavy atom. The minimum Gasteiger partial charge on any atom is -0.352 e. The number of carbonyl (C=O) groups excluding carboxylic acids is 1. The summed E-state index contributed by atoms with van der Waals surface area (Å²) in [5, 5.41) is 12.5. The van der Waals surface area contributed by atoms with E-state index in [0.29, 0.717) is 6.42 Å². The summed E-state index contributed by atoms with van der Waals surface area (Å²) in [6.07, 6.45) is 0.539. The molecule has 0 saturated carbocycles. The van der Waals surface area contributed by atoms with E-state index in [9.17, 15) is 13.6 Å². The molecule has 4 rings (SSSR count). The van der Waals surface area contributed by atoms with Crippen LogP contribution in [-0.4, -0.2) is 28.3 Å². The fourth-order valence-corrected chi connectivity index (χ4v) is 3.96. The molecule has 150 valence electrons. The van der Waals surface area contributed by atoms with Gasteiger partial charge in [-0.25, -0.2) is 8.78 Å². The van der Waals surface area contributed by atoms with Crippen LogP contribution in [0, 0.1) is 17.6 Å². The number of nitrogens with one attached hydrogen (secondary N) is 2. The van der Waals surface area contributed by atoms with E-state index in [2.05, 4.69) is 15.7 Å². The number of benzene rings is 2.